The van der Waals surface area contributed by atoms with Crippen LogP contribution in [0, 0.1) is 6.92 Å². The van der Waals surface area contributed by atoms with Crippen molar-refractivity contribution in [2.75, 3.05) is 24.1 Å². The molecule has 2 fully saturated rings. The predicted octanol–water partition coefficient (Wildman–Crippen LogP) is 3.32. The Balaban J connectivity index is 1.41. The van der Waals surface area contributed by atoms with E-state index in [2.05, 4.69) is 9.71 Å². The molecule has 0 radical (unpaired) electrons. The summed E-state index contributed by atoms with van der Waals surface area (Å²) < 4.78 is 27.5. The predicted molar refractivity (Wildman–Crippen MR) is 138 cm³/mol. The van der Waals surface area contributed by atoms with Gasteiger partial charge in [0.25, 0.3) is 11.5 Å². The Morgan fingerprint density at radius 2 is 1.92 bits per heavy atom. The standard InChI is InChI=1S/C25H32N6O4S/c1-16-21-23(31(28-16)20-11-4-3-5-12-20)26-22(27-24(21)32)18-9-7-13-30(15-18)25(33)17-8-6-10-19(14-17)29-36(2,34)35/h6,8,10,14,18,20,29H,3-5,7,9,11-13,15H2,1-2H3,(H,26,27,32). The molecule has 3 aromatic rings. The molecule has 2 aromatic heterocycles. The minimum absolute atomic E-state index is 0.105. The number of nitrogens with zero attached hydrogens (tertiary/aromatic N) is 4. The van der Waals surface area contributed by atoms with Gasteiger partial charge >= 0.3 is 0 Å². The largest absolute Gasteiger partial charge is 0.338 e. The van der Waals surface area contributed by atoms with Crippen LogP contribution >= 0.6 is 0 Å². The molecule has 1 aliphatic heterocycles. The van der Waals surface area contributed by atoms with E-state index in [4.69, 9.17) is 10.1 Å². The number of amides is 1. The van der Waals surface area contributed by atoms with E-state index in [0.717, 1.165) is 44.8 Å². The van der Waals surface area contributed by atoms with E-state index in [1.165, 1.54) is 6.42 Å². The lowest BCUT2D eigenvalue weighted by molar-refractivity contribution is 0.0704. The number of carbonyl (C=O) groups excluding carboxylic acids is 1. The smallest absolute Gasteiger partial charge is 0.262 e. The first kappa shape index (κ1) is 24.5. The summed E-state index contributed by atoms with van der Waals surface area (Å²) in [6.07, 6.45) is 8.28. The van der Waals surface area contributed by atoms with Crippen LogP contribution in [0.25, 0.3) is 11.0 Å². The summed E-state index contributed by atoms with van der Waals surface area (Å²) in [4.78, 5) is 36.0. The maximum atomic E-state index is 13.3. The maximum absolute atomic E-state index is 13.3. The molecule has 2 N–H and O–H groups in total. The highest BCUT2D eigenvalue weighted by Crippen LogP contribution is 2.31. The third-order valence-electron chi connectivity index (χ3n) is 7.18. The van der Waals surface area contributed by atoms with E-state index in [1.54, 1.807) is 29.2 Å². The van der Waals surface area contributed by atoms with Crippen molar-refractivity contribution in [2.24, 2.45) is 0 Å². The molecule has 1 atom stereocenters. The Hall–Kier alpha value is -3.21. The molecule has 10 nitrogen and oxygen atoms in total. The van der Waals surface area contributed by atoms with Gasteiger partial charge in [-0.1, -0.05) is 25.3 Å². The number of benzene rings is 1. The molecule has 0 bridgehead atoms. The highest BCUT2D eigenvalue weighted by molar-refractivity contribution is 7.92. The summed E-state index contributed by atoms with van der Waals surface area (Å²) in [7, 11) is -3.45. The van der Waals surface area contributed by atoms with Gasteiger partial charge in [-0.05, 0) is 50.8 Å². The number of H-pyrrole nitrogens is 1. The summed E-state index contributed by atoms with van der Waals surface area (Å²) >= 11 is 0. The Kier molecular flexibility index (Phi) is 6.59. The highest BCUT2D eigenvalue weighted by atomic mass is 32.2. The quantitative estimate of drug-likeness (QED) is 0.539. The fourth-order valence-corrected chi connectivity index (χ4v) is 6.05. The molecule has 1 aliphatic carbocycles. The van der Waals surface area contributed by atoms with Crippen LogP contribution in [0.1, 0.15) is 78.8 Å². The summed E-state index contributed by atoms with van der Waals surface area (Å²) in [5.74, 6) is 0.310. The van der Waals surface area contributed by atoms with Gasteiger partial charge in [0.2, 0.25) is 10.0 Å². The molecule has 1 unspecified atom stereocenters. The van der Waals surface area contributed by atoms with E-state index >= 15 is 0 Å². The second-order valence-corrected chi connectivity index (χ2v) is 11.8. The van der Waals surface area contributed by atoms with Gasteiger partial charge in [0.05, 0.1) is 18.0 Å². The fourth-order valence-electron chi connectivity index (χ4n) is 5.50. The Morgan fingerprint density at radius 3 is 2.67 bits per heavy atom. The van der Waals surface area contributed by atoms with Crippen molar-refractivity contribution >= 4 is 32.7 Å². The number of piperidine rings is 1. The number of fused-ring (bicyclic) bond motifs is 1. The average Bonchev–Trinajstić information content (AvgIpc) is 3.20. The van der Waals surface area contributed by atoms with Crippen molar-refractivity contribution in [3.8, 4) is 0 Å². The lowest BCUT2D eigenvalue weighted by Crippen LogP contribution is -2.40. The van der Waals surface area contributed by atoms with Crippen molar-refractivity contribution in [3.05, 3.63) is 51.7 Å². The maximum Gasteiger partial charge on any atom is 0.262 e. The van der Waals surface area contributed by atoms with Gasteiger partial charge in [-0.2, -0.15) is 5.10 Å². The molecule has 1 amide bonds. The number of aryl methyl sites for hydroxylation is 1. The fraction of sp³-hybridized carbons (Fsp3) is 0.520. The molecular formula is C25H32N6O4S. The monoisotopic (exact) mass is 512 g/mol. The minimum Gasteiger partial charge on any atom is -0.338 e. The first-order valence-electron chi connectivity index (χ1n) is 12.6. The zero-order valence-electron chi connectivity index (χ0n) is 20.7. The zero-order valence-corrected chi connectivity index (χ0v) is 21.5. The second kappa shape index (κ2) is 9.68. The molecule has 2 aliphatic rings. The third kappa shape index (κ3) is 5.02. The normalized spacial score (nSPS) is 19.5. The van der Waals surface area contributed by atoms with E-state index in [9.17, 15) is 18.0 Å². The molecule has 3 heterocycles. The molecular weight excluding hydrogens is 480 g/mol. The number of sulfonamides is 1. The lowest BCUT2D eigenvalue weighted by atomic mass is 9.95. The summed E-state index contributed by atoms with van der Waals surface area (Å²) in [5, 5.41) is 5.24. The van der Waals surface area contributed by atoms with Crippen LogP contribution < -0.4 is 10.3 Å². The summed E-state index contributed by atoms with van der Waals surface area (Å²) in [6, 6.07) is 6.75. The van der Waals surface area contributed by atoms with E-state index < -0.39 is 10.0 Å². The van der Waals surface area contributed by atoms with Gasteiger partial charge < -0.3 is 9.88 Å². The van der Waals surface area contributed by atoms with Crippen molar-refractivity contribution in [3.63, 3.8) is 0 Å². The number of rotatable bonds is 5. The average molecular weight is 513 g/mol. The first-order chi connectivity index (χ1) is 17.2. The lowest BCUT2D eigenvalue weighted by Gasteiger charge is -2.32. The number of aromatic nitrogens is 4. The third-order valence-corrected chi connectivity index (χ3v) is 7.79. The Labute approximate surface area is 210 Å². The molecule has 192 valence electrons. The van der Waals surface area contributed by atoms with Gasteiger partial charge in [-0.25, -0.2) is 18.1 Å². The van der Waals surface area contributed by atoms with Gasteiger partial charge in [0.15, 0.2) is 5.65 Å². The first-order valence-corrected chi connectivity index (χ1v) is 14.4. The second-order valence-electron chi connectivity index (χ2n) is 10.0. The van der Waals surface area contributed by atoms with Crippen molar-refractivity contribution in [2.45, 2.75) is 63.8 Å². The number of hydrogen-bond acceptors (Lipinski definition) is 6. The topological polar surface area (TPSA) is 130 Å². The van der Waals surface area contributed by atoms with Crippen LogP contribution in [0.15, 0.2) is 29.1 Å². The van der Waals surface area contributed by atoms with Crippen LogP contribution in [-0.2, 0) is 10.0 Å². The minimum atomic E-state index is -3.45. The molecule has 5 rings (SSSR count). The number of aromatic amines is 1. The van der Waals surface area contributed by atoms with Crippen LogP contribution in [0.2, 0.25) is 0 Å². The van der Waals surface area contributed by atoms with Crippen LogP contribution in [0.3, 0.4) is 0 Å². The molecule has 36 heavy (non-hydrogen) atoms. The Bertz CT molecular complexity index is 1450. The summed E-state index contributed by atoms with van der Waals surface area (Å²) in [6.45, 7) is 2.87. The SMILES string of the molecule is Cc1nn(C2CCCCC2)c2nc(C3CCCN(C(=O)c4cccc(NS(C)(=O)=O)c4)C3)[nH]c(=O)c12. The van der Waals surface area contributed by atoms with E-state index in [1.807, 2.05) is 11.6 Å². The number of anilines is 1. The Morgan fingerprint density at radius 1 is 1.14 bits per heavy atom. The molecule has 11 heteroatoms. The number of hydrogen-bond donors (Lipinski definition) is 2. The number of carbonyl (C=O) groups is 1. The molecule has 1 aromatic carbocycles. The molecule has 1 saturated carbocycles. The molecule has 0 spiro atoms. The van der Waals surface area contributed by atoms with E-state index in [0.29, 0.717) is 46.9 Å². The van der Waals surface area contributed by atoms with Crippen molar-refractivity contribution in [1.82, 2.24) is 24.6 Å². The van der Waals surface area contributed by atoms with Crippen LogP contribution in [-0.4, -0.2) is 58.3 Å². The highest BCUT2D eigenvalue weighted by Gasteiger charge is 2.29. The summed E-state index contributed by atoms with van der Waals surface area (Å²) in [5.41, 5.74) is 1.91. The van der Waals surface area contributed by atoms with Crippen molar-refractivity contribution in [1.29, 1.82) is 0 Å². The number of nitrogens with one attached hydrogen (secondary N) is 2. The molecule has 1 saturated heterocycles. The van der Waals surface area contributed by atoms with Crippen LogP contribution in [0.5, 0.6) is 0 Å². The number of likely N-dealkylation sites (tertiary alicyclic amines) is 1. The van der Waals surface area contributed by atoms with Gasteiger partial charge in [-0.3, -0.25) is 14.3 Å². The van der Waals surface area contributed by atoms with Crippen molar-refractivity contribution < 1.29 is 13.2 Å². The van der Waals surface area contributed by atoms with E-state index in [-0.39, 0.29) is 23.4 Å². The van der Waals surface area contributed by atoms with Gasteiger partial charge in [0, 0.05) is 30.3 Å². The van der Waals surface area contributed by atoms with Gasteiger partial charge in [-0.15, -0.1) is 0 Å². The zero-order chi connectivity index (χ0) is 25.4. The van der Waals surface area contributed by atoms with Gasteiger partial charge in [0.1, 0.15) is 11.2 Å². The van der Waals surface area contributed by atoms with Crippen LogP contribution in [0.4, 0.5) is 5.69 Å².